The van der Waals surface area contributed by atoms with Gasteiger partial charge < -0.3 is 10.5 Å². The van der Waals surface area contributed by atoms with Crippen LogP contribution in [-0.4, -0.2) is 43.8 Å². The molecule has 16 heavy (non-hydrogen) atoms. The summed E-state index contributed by atoms with van der Waals surface area (Å²) in [5.74, 6) is 0. The molecule has 1 rings (SSSR count). The second kappa shape index (κ2) is 19.9. The maximum Gasteiger partial charge on any atom is 0.0619 e. The lowest BCUT2D eigenvalue weighted by molar-refractivity contribution is 0.00245. The molecule has 3 nitrogen and oxygen atoms in total. The summed E-state index contributed by atoms with van der Waals surface area (Å²) >= 11 is 0. The first-order valence-electron chi connectivity index (χ1n) is 6.11. The molecule has 1 aliphatic rings. The average Bonchev–Trinajstić information content (AvgIpc) is 2.36. The number of hydrogen-bond donors (Lipinski definition) is 1. The highest BCUT2D eigenvalue weighted by molar-refractivity contribution is 4.68. The van der Waals surface area contributed by atoms with E-state index in [1.807, 2.05) is 20.8 Å². The number of hydrogen-bond acceptors (Lipinski definition) is 3. The molecule has 1 aliphatic heterocycles. The molecule has 0 radical (unpaired) electrons. The molecule has 0 aromatic heterocycles. The lowest BCUT2D eigenvalue weighted by atomic mass is 10.2. The van der Waals surface area contributed by atoms with Gasteiger partial charge in [0.1, 0.15) is 0 Å². The zero-order valence-corrected chi connectivity index (χ0v) is 11.7. The van der Waals surface area contributed by atoms with E-state index in [1.54, 1.807) is 0 Å². The summed E-state index contributed by atoms with van der Waals surface area (Å²) in [6.45, 7) is 15.2. The predicted octanol–water partition coefficient (Wildman–Crippen LogP) is 1.97. The van der Waals surface area contributed by atoms with Gasteiger partial charge in [0.15, 0.2) is 0 Å². The Labute approximate surface area is 102 Å². The summed E-state index contributed by atoms with van der Waals surface area (Å²) in [6.07, 6.45) is 8.00. The molecule has 1 atom stereocenters. The molecule has 1 saturated heterocycles. The van der Waals surface area contributed by atoms with Gasteiger partial charge in [0.25, 0.3) is 0 Å². The van der Waals surface area contributed by atoms with Crippen LogP contribution in [-0.2, 0) is 4.74 Å². The maximum atomic E-state index is 5.27. The van der Waals surface area contributed by atoms with Gasteiger partial charge in [0.2, 0.25) is 0 Å². The Hall–Kier alpha value is -0.560. The van der Waals surface area contributed by atoms with Crippen LogP contribution in [0, 0.1) is 12.8 Å². The highest BCUT2D eigenvalue weighted by Gasteiger charge is 2.15. The molecule has 2 N–H and O–H groups in total. The van der Waals surface area contributed by atoms with Gasteiger partial charge in [-0.1, -0.05) is 27.7 Å². The standard InChI is InChI=1S/C7H15NO.C2H7N.C2H6.C2H2/c1-3-8-4-5-9-6-7(8)2;1-2-3;2*1-2/h7H,3-6H2,1-2H3;2-3H2,1H3;1-2H3;1-2H/t7-;;;/m0.../s1. The van der Waals surface area contributed by atoms with Crippen LogP contribution in [0.15, 0.2) is 0 Å². The molecule has 0 unspecified atom stereocenters. The minimum absolute atomic E-state index is 0.628. The van der Waals surface area contributed by atoms with E-state index >= 15 is 0 Å². The van der Waals surface area contributed by atoms with Crippen LogP contribution in [0.2, 0.25) is 0 Å². The van der Waals surface area contributed by atoms with Gasteiger partial charge in [0.05, 0.1) is 13.2 Å². The molecule has 0 aromatic rings. The third-order valence-corrected chi connectivity index (χ3v) is 1.91. The molecule has 0 amide bonds. The minimum Gasteiger partial charge on any atom is -0.379 e. The van der Waals surface area contributed by atoms with Gasteiger partial charge in [-0.15, -0.1) is 12.8 Å². The quantitative estimate of drug-likeness (QED) is 0.700. The SMILES string of the molecule is C#C.CC.CCN.CCN1CCOC[C@@H]1C. The van der Waals surface area contributed by atoms with Crippen molar-refractivity contribution in [1.82, 2.24) is 4.90 Å². The van der Waals surface area contributed by atoms with Crippen molar-refractivity contribution in [1.29, 1.82) is 0 Å². The van der Waals surface area contributed by atoms with Crippen LogP contribution < -0.4 is 5.73 Å². The molecule has 1 heterocycles. The Morgan fingerprint density at radius 2 is 1.75 bits per heavy atom. The Kier molecular flexibility index (Phi) is 25.9. The van der Waals surface area contributed by atoms with Crippen molar-refractivity contribution in [3.8, 4) is 12.8 Å². The van der Waals surface area contributed by atoms with Crippen LogP contribution in [0.5, 0.6) is 0 Å². The number of nitrogens with two attached hydrogens (primary N) is 1. The monoisotopic (exact) mass is 230 g/mol. The summed E-state index contributed by atoms with van der Waals surface area (Å²) in [6, 6.07) is 0.628. The first-order valence-corrected chi connectivity index (χ1v) is 6.11. The number of terminal acetylenes is 1. The zero-order chi connectivity index (χ0) is 13.4. The van der Waals surface area contributed by atoms with E-state index in [-0.39, 0.29) is 0 Å². The summed E-state index contributed by atoms with van der Waals surface area (Å²) in [7, 11) is 0. The maximum absolute atomic E-state index is 5.27. The van der Waals surface area contributed by atoms with Crippen LogP contribution in [0.4, 0.5) is 0 Å². The van der Waals surface area contributed by atoms with Crippen molar-refractivity contribution in [3.63, 3.8) is 0 Å². The van der Waals surface area contributed by atoms with Crippen molar-refractivity contribution in [3.05, 3.63) is 0 Å². The lowest BCUT2D eigenvalue weighted by Gasteiger charge is -2.31. The van der Waals surface area contributed by atoms with Crippen LogP contribution in [0.1, 0.15) is 34.6 Å². The molecule has 0 bridgehead atoms. The van der Waals surface area contributed by atoms with Crippen molar-refractivity contribution >= 4 is 0 Å². The fourth-order valence-corrected chi connectivity index (χ4v) is 1.23. The normalized spacial score (nSPS) is 18.9. The van der Waals surface area contributed by atoms with Crippen LogP contribution in [0.3, 0.4) is 0 Å². The summed E-state index contributed by atoms with van der Waals surface area (Å²) in [5, 5.41) is 0. The number of likely N-dealkylation sites (N-methyl/N-ethyl adjacent to an activating group) is 1. The molecule has 0 aliphatic carbocycles. The van der Waals surface area contributed by atoms with Gasteiger partial charge >= 0.3 is 0 Å². The number of ether oxygens (including phenoxy) is 1. The number of nitrogens with zero attached hydrogens (tertiary/aromatic N) is 1. The van der Waals surface area contributed by atoms with Gasteiger partial charge in [-0.3, -0.25) is 4.90 Å². The van der Waals surface area contributed by atoms with Crippen molar-refractivity contribution in [2.45, 2.75) is 40.7 Å². The highest BCUT2D eigenvalue weighted by Crippen LogP contribution is 2.03. The van der Waals surface area contributed by atoms with Crippen molar-refractivity contribution in [2.24, 2.45) is 5.73 Å². The molecular weight excluding hydrogens is 200 g/mol. The Balaban J connectivity index is -0.000000206. The Bertz CT molecular complexity index is 126. The van der Waals surface area contributed by atoms with Crippen LogP contribution >= 0.6 is 0 Å². The smallest absolute Gasteiger partial charge is 0.0619 e. The van der Waals surface area contributed by atoms with E-state index in [0.29, 0.717) is 6.04 Å². The first kappa shape index (κ1) is 20.8. The van der Waals surface area contributed by atoms with E-state index in [1.165, 1.54) is 0 Å². The zero-order valence-electron chi connectivity index (χ0n) is 11.7. The summed E-state index contributed by atoms with van der Waals surface area (Å²) < 4.78 is 5.27. The fourth-order valence-electron chi connectivity index (χ4n) is 1.23. The third kappa shape index (κ3) is 13.4. The van der Waals surface area contributed by atoms with E-state index in [0.717, 1.165) is 32.8 Å². The van der Waals surface area contributed by atoms with Gasteiger partial charge in [0, 0.05) is 12.6 Å². The second-order valence-electron chi connectivity index (χ2n) is 2.96. The fraction of sp³-hybridized carbons (Fsp3) is 0.846. The second-order valence-corrected chi connectivity index (χ2v) is 2.96. The predicted molar refractivity (Wildman–Crippen MR) is 73.5 cm³/mol. The molecule has 3 heteroatoms. The van der Waals surface area contributed by atoms with E-state index in [4.69, 9.17) is 10.5 Å². The van der Waals surface area contributed by atoms with E-state index in [2.05, 4.69) is 31.6 Å². The summed E-state index contributed by atoms with van der Waals surface area (Å²) in [4.78, 5) is 2.43. The lowest BCUT2D eigenvalue weighted by Crippen LogP contribution is -2.43. The van der Waals surface area contributed by atoms with E-state index < -0.39 is 0 Å². The van der Waals surface area contributed by atoms with Crippen LogP contribution in [0.25, 0.3) is 0 Å². The summed E-state index contributed by atoms with van der Waals surface area (Å²) in [5.41, 5.74) is 4.85. The molecule has 0 spiro atoms. The topological polar surface area (TPSA) is 38.5 Å². The van der Waals surface area contributed by atoms with Gasteiger partial charge in [-0.25, -0.2) is 0 Å². The largest absolute Gasteiger partial charge is 0.379 e. The highest BCUT2D eigenvalue weighted by atomic mass is 16.5. The van der Waals surface area contributed by atoms with Crippen molar-refractivity contribution < 1.29 is 4.74 Å². The number of rotatable bonds is 1. The third-order valence-electron chi connectivity index (χ3n) is 1.91. The molecular formula is C13H30N2O. The average molecular weight is 230 g/mol. The first-order chi connectivity index (χ1) is 7.76. The minimum atomic E-state index is 0.628. The number of morpholine rings is 1. The molecule has 0 saturated carbocycles. The van der Waals surface area contributed by atoms with Crippen molar-refractivity contribution in [2.75, 3.05) is 32.8 Å². The molecule has 0 aromatic carbocycles. The Morgan fingerprint density at radius 1 is 1.31 bits per heavy atom. The molecule has 98 valence electrons. The van der Waals surface area contributed by atoms with Gasteiger partial charge in [-0.05, 0) is 20.0 Å². The Morgan fingerprint density at radius 3 is 2.00 bits per heavy atom. The molecule has 1 fully saturated rings. The van der Waals surface area contributed by atoms with Gasteiger partial charge in [-0.2, -0.15) is 0 Å². The van der Waals surface area contributed by atoms with E-state index in [9.17, 15) is 0 Å².